The van der Waals surface area contributed by atoms with E-state index in [-0.39, 0.29) is 17.4 Å². The van der Waals surface area contributed by atoms with E-state index in [4.69, 9.17) is 4.74 Å². The fraction of sp³-hybridized carbons (Fsp3) is 0.263. The summed E-state index contributed by atoms with van der Waals surface area (Å²) >= 11 is 0.817. The molecular formula is C19H20N4O4S. The van der Waals surface area contributed by atoms with Crippen LogP contribution >= 0.6 is 11.8 Å². The molecule has 9 heteroatoms. The predicted octanol–water partition coefficient (Wildman–Crippen LogP) is 2.13. The molecule has 0 unspecified atom stereocenters. The quantitative estimate of drug-likeness (QED) is 0.539. The Morgan fingerprint density at radius 3 is 2.89 bits per heavy atom. The summed E-state index contributed by atoms with van der Waals surface area (Å²) in [6.45, 7) is 0.882. The molecule has 146 valence electrons. The van der Waals surface area contributed by atoms with Crippen LogP contribution in [0.5, 0.6) is 5.75 Å². The number of hydrogen-bond donors (Lipinski definition) is 1. The van der Waals surface area contributed by atoms with E-state index in [0.29, 0.717) is 17.9 Å². The average Bonchev–Trinajstić information content (AvgIpc) is 3.30. The highest BCUT2D eigenvalue weighted by Gasteiger charge is 2.36. The Morgan fingerprint density at radius 1 is 1.32 bits per heavy atom. The molecule has 1 aromatic heterocycles. The lowest BCUT2D eigenvalue weighted by atomic mass is 10.2. The van der Waals surface area contributed by atoms with Crippen LogP contribution in [0.2, 0.25) is 0 Å². The van der Waals surface area contributed by atoms with Gasteiger partial charge in [-0.3, -0.25) is 19.3 Å². The van der Waals surface area contributed by atoms with Gasteiger partial charge in [-0.1, -0.05) is 18.2 Å². The third-order valence-electron chi connectivity index (χ3n) is 4.08. The summed E-state index contributed by atoms with van der Waals surface area (Å²) in [4.78, 5) is 42.0. The van der Waals surface area contributed by atoms with Crippen LogP contribution in [0.25, 0.3) is 6.08 Å². The number of nitrogens with one attached hydrogen (secondary N) is 1. The van der Waals surface area contributed by atoms with Crippen LogP contribution in [0.4, 0.5) is 4.79 Å². The number of thioether (sulfide) groups is 1. The summed E-state index contributed by atoms with van der Waals surface area (Å²) in [6, 6.07) is 7.20. The van der Waals surface area contributed by atoms with Crippen molar-refractivity contribution >= 4 is 34.9 Å². The molecule has 0 spiro atoms. The Bertz CT molecular complexity index is 895. The number of carbonyl (C=O) groups excluding carboxylic acids is 3. The lowest BCUT2D eigenvalue weighted by molar-refractivity contribution is -0.129. The topological polar surface area (TPSA) is 93.5 Å². The second-order valence-corrected chi connectivity index (χ2v) is 7.01. The maximum atomic E-state index is 12.5. The number of ether oxygens (including phenoxy) is 1. The normalized spacial score (nSPS) is 15.3. The molecule has 0 atom stereocenters. The molecule has 0 radical (unpaired) electrons. The number of benzene rings is 1. The van der Waals surface area contributed by atoms with Gasteiger partial charge < -0.3 is 14.6 Å². The number of methoxy groups -OCH3 is 1. The van der Waals surface area contributed by atoms with Gasteiger partial charge in [0, 0.05) is 31.0 Å². The summed E-state index contributed by atoms with van der Waals surface area (Å²) < 4.78 is 7.17. The monoisotopic (exact) mass is 400 g/mol. The number of nitrogens with zero attached hydrogens (tertiary/aromatic N) is 3. The first-order chi connectivity index (χ1) is 13.6. The zero-order chi connectivity index (χ0) is 19.9. The minimum absolute atomic E-state index is 0.266. The Kier molecular flexibility index (Phi) is 6.49. The molecule has 28 heavy (non-hydrogen) atoms. The summed E-state index contributed by atoms with van der Waals surface area (Å²) in [5.41, 5.74) is 0.694. The van der Waals surface area contributed by atoms with Gasteiger partial charge in [-0.05, 0) is 30.3 Å². The SMILES string of the molecule is COc1ccccc1/C=C1/SC(=O)N(CC(=O)NCCCn2ccnc2)C1=O. The molecule has 1 saturated heterocycles. The van der Waals surface area contributed by atoms with E-state index >= 15 is 0 Å². The van der Waals surface area contributed by atoms with Crippen LogP contribution in [0, 0.1) is 0 Å². The van der Waals surface area contributed by atoms with Crippen molar-refractivity contribution in [3.05, 3.63) is 53.5 Å². The lowest BCUT2D eigenvalue weighted by Crippen LogP contribution is -2.39. The van der Waals surface area contributed by atoms with Gasteiger partial charge in [0.1, 0.15) is 12.3 Å². The van der Waals surface area contributed by atoms with Gasteiger partial charge in [0.05, 0.1) is 18.3 Å². The van der Waals surface area contributed by atoms with Gasteiger partial charge in [0.25, 0.3) is 11.1 Å². The van der Waals surface area contributed by atoms with Crippen molar-refractivity contribution in [2.45, 2.75) is 13.0 Å². The predicted molar refractivity (Wildman–Crippen MR) is 106 cm³/mol. The highest BCUT2D eigenvalue weighted by Crippen LogP contribution is 2.33. The van der Waals surface area contributed by atoms with Crippen molar-refractivity contribution in [3.8, 4) is 5.75 Å². The molecule has 2 heterocycles. The van der Waals surface area contributed by atoms with Crippen molar-refractivity contribution in [3.63, 3.8) is 0 Å². The van der Waals surface area contributed by atoms with Gasteiger partial charge in [-0.25, -0.2) is 4.98 Å². The van der Waals surface area contributed by atoms with Gasteiger partial charge >= 0.3 is 0 Å². The van der Waals surface area contributed by atoms with E-state index in [1.54, 1.807) is 30.7 Å². The fourth-order valence-corrected chi connectivity index (χ4v) is 3.50. The number of para-hydroxylation sites is 1. The first-order valence-corrected chi connectivity index (χ1v) is 9.51. The zero-order valence-corrected chi connectivity index (χ0v) is 16.1. The number of rotatable bonds is 8. The molecule has 3 amide bonds. The van der Waals surface area contributed by atoms with Crippen LogP contribution in [0.15, 0.2) is 47.9 Å². The lowest BCUT2D eigenvalue weighted by Gasteiger charge is -2.12. The van der Waals surface area contributed by atoms with E-state index in [0.717, 1.165) is 29.6 Å². The fourth-order valence-electron chi connectivity index (χ4n) is 2.67. The van der Waals surface area contributed by atoms with E-state index < -0.39 is 11.1 Å². The Hall–Kier alpha value is -3.07. The van der Waals surface area contributed by atoms with Crippen molar-refractivity contribution in [1.82, 2.24) is 19.8 Å². The average molecular weight is 400 g/mol. The molecule has 1 aliphatic rings. The third-order valence-corrected chi connectivity index (χ3v) is 4.98. The van der Waals surface area contributed by atoms with Crippen LogP contribution in [-0.4, -0.2) is 51.7 Å². The molecule has 0 aliphatic carbocycles. The van der Waals surface area contributed by atoms with Gasteiger partial charge in [-0.15, -0.1) is 0 Å². The van der Waals surface area contributed by atoms with Crippen molar-refractivity contribution in [1.29, 1.82) is 0 Å². The number of amides is 3. The Labute approximate surface area is 166 Å². The molecule has 8 nitrogen and oxygen atoms in total. The van der Waals surface area contributed by atoms with Crippen molar-refractivity contribution < 1.29 is 19.1 Å². The van der Waals surface area contributed by atoms with Crippen LogP contribution in [-0.2, 0) is 16.1 Å². The second-order valence-electron chi connectivity index (χ2n) is 6.01. The number of carbonyl (C=O) groups is 3. The molecule has 1 aromatic carbocycles. The van der Waals surface area contributed by atoms with Gasteiger partial charge in [-0.2, -0.15) is 0 Å². The largest absolute Gasteiger partial charge is 0.496 e. The first kappa shape index (κ1) is 19.7. The molecule has 1 aliphatic heterocycles. The highest BCUT2D eigenvalue weighted by molar-refractivity contribution is 8.18. The first-order valence-electron chi connectivity index (χ1n) is 8.69. The second kappa shape index (κ2) is 9.23. The van der Waals surface area contributed by atoms with Crippen molar-refractivity contribution in [2.75, 3.05) is 20.2 Å². The molecule has 3 rings (SSSR count). The summed E-state index contributed by atoms with van der Waals surface area (Å²) in [5.74, 6) is -0.245. The number of aromatic nitrogens is 2. The van der Waals surface area contributed by atoms with Crippen LogP contribution < -0.4 is 10.1 Å². The molecule has 2 aromatic rings. The van der Waals surface area contributed by atoms with Crippen LogP contribution in [0.3, 0.4) is 0 Å². The standard InChI is InChI=1S/C19H20N4O4S/c1-27-15-6-3-2-5-14(15)11-16-18(25)23(19(26)28-16)12-17(24)21-7-4-9-22-10-8-20-13-22/h2-3,5-6,8,10-11,13H,4,7,9,12H2,1H3,(H,21,24)/b16-11+. The van der Waals surface area contributed by atoms with Gasteiger partial charge in [0.15, 0.2) is 0 Å². The smallest absolute Gasteiger partial charge is 0.294 e. The van der Waals surface area contributed by atoms with E-state index in [2.05, 4.69) is 10.3 Å². The van der Waals surface area contributed by atoms with E-state index in [1.165, 1.54) is 7.11 Å². The van der Waals surface area contributed by atoms with Crippen LogP contribution in [0.1, 0.15) is 12.0 Å². The maximum Gasteiger partial charge on any atom is 0.294 e. The maximum absolute atomic E-state index is 12.5. The van der Waals surface area contributed by atoms with Crippen molar-refractivity contribution in [2.24, 2.45) is 0 Å². The number of aryl methyl sites for hydroxylation is 1. The molecule has 0 bridgehead atoms. The van der Waals surface area contributed by atoms with E-state index in [1.807, 2.05) is 22.9 Å². The summed E-state index contributed by atoms with van der Waals surface area (Å²) in [5, 5.41) is 2.27. The number of imidazole rings is 1. The minimum Gasteiger partial charge on any atom is -0.496 e. The Balaban J connectivity index is 1.54. The van der Waals surface area contributed by atoms with E-state index in [9.17, 15) is 14.4 Å². The zero-order valence-electron chi connectivity index (χ0n) is 15.3. The molecule has 1 N–H and O–H groups in total. The summed E-state index contributed by atoms with van der Waals surface area (Å²) in [7, 11) is 1.54. The molecule has 0 saturated carbocycles. The highest BCUT2D eigenvalue weighted by atomic mass is 32.2. The third kappa shape index (κ3) is 4.80. The minimum atomic E-state index is -0.477. The number of imide groups is 1. The molecule has 1 fully saturated rings. The number of hydrogen-bond acceptors (Lipinski definition) is 6. The molecular weight excluding hydrogens is 380 g/mol. The summed E-state index contributed by atoms with van der Waals surface area (Å²) in [6.07, 6.45) is 7.56. The Morgan fingerprint density at radius 2 is 2.14 bits per heavy atom. The van der Waals surface area contributed by atoms with Gasteiger partial charge in [0.2, 0.25) is 5.91 Å².